The summed E-state index contributed by atoms with van der Waals surface area (Å²) in [6.07, 6.45) is 4.66. The van der Waals surface area contributed by atoms with Gasteiger partial charge in [0.05, 0.1) is 11.9 Å². The minimum atomic E-state index is -0.215. The summed E-state index contributed by atoms with van der Waals surface area (Å²) in [5, 5.41) is 0. The number of nitrogens with two attached hydrogens (primary N) is 1. The van der Waals surface area contributed by atoms with E-state index in [4.69, 9.17) is 5.73 Å². The third kappa shape index (κ3) is 3.56. The lowest BCUT2D eigenvalue weighted by atomic mass is 9.93. The first-order chi connectivity index (χ1) is 9.60. The number of pyridine rings is 1. The van der Waals surface area contributed by atoms with E-state index in [9.17, 15) is 9.59 Å². The summed E-state index contributed by atoms with van der Waals surface area (Å²) >= 11 is 0. The molecule has 20 heavy (non-hydrogen) atoms. The average molecular weight is 275 g/mol. The second-order valence-electron chi connectivity index (χ2n) is 5.28. The fraction of sp³-hybridized carbons (Fsp3) is 0.533. The molecular weight excluding hydrogens is 254 g/mol. The van der Waals surface area contributed by atoms with Gasteiger partial charge in [-0.2, -0.15) is 0 Å². The Labute approximate surface area is 119 Å². The molecule has 1 amide bonds. The number of nitrogens with zero attached hydrogens (tertiary/aromatic N) is 2. The molecular formula is C15H21N3O2. The Hall–Kier alpha value is -1.91. The number of hydrogen-bond acceptors (Lipinski definition) is 4. The van der Waals surface area contributed by atoms with E-state index in [1.165, 1.54) is 0 Å². The van der Waals surface area contributed by atoms with Gasteiger partial charge in [0.2, 0.25) is 5.91 Å². The molecule has 2 heterocycles. The quantitative estimate of drug-likeness (QED) is 0.831. The molecule has 0 saturated carbocycles. The van der Waals surface area contributed by atoms with Gasteiger partial charge in [-0.1, -0.05) is 6.92 Å². The van der Waals surface area contributed by atoms with Gasteiger partial charge >= 0.3 is 0 Å². The number of ketones is 1. The Bertz CT molecular complexity index is 476. The summed E-state index contributed by atoms with van der Waals surface area (Å²) in [5.41, 5.74) is 6.80. The van der Waals surface area contributed by atoms with Crippen LogP contribution in [0.4, 0.5) is 5.69 Å². The number of piperidine rings is 1. The topological polar surface area (TPSA) is 76.3 Å². The van der Waals surface area contributed by atoms with Crippen LogP contribution >= 0.6 is 0 Å². The fourth-order valence-corrected chi connectivity index (χ4v) is 2.60. The maximum atomic E-state index is 11.5. The number of carbonyl (C=O) groups is 2. The molecule has 2 N–H and O–H groups in total. The van der Waals surface area contributed by atoms with E-state index in [-0.39, 0.29) is 11.7 Å². The first-order valence-corrected chi connectivity index (χ1v) is 7.12. The normalized spacial score (nSPS) is 16.1. The van der Waals surface area contributed by atoms with Crippen LogP contribution in [-0.2, 0) is 4.79 Å². The minimum Gasteiger partial charge on any atom is -0.370 e. The summed E-state index contributed by atoms with van der Waals surface area (Å²) in [5.74, 6) is 0.252. The van der Waals surface area contributed by atoms with Crippen molar-refractivity contribution < 1.29 is 9.59 Å². The fourth-order valence-electron chi connectivity index (χ4n) is 2.60. The summed E-state index contributed by atoms with van der Waals surface area (Å²) in [4.78, 5) is 28.9. The van der Waals surface area contributed by atoms with Crippen LogP contribution in [0.1, 0.15) is 43.1 Å². The van der Waals surface area contributed by atoms with Gasteiger partial charge in [0.25, 0.3) is 0 Å². The molecule has 2 rings (SSSR count). The third-order valence-electron chi connectivity index (χ3n) is 3.82. The van der Waals surface area contributed by atoms with Gasteiger partial charge in [-0.15, -0.1) is 0 Å². The van der Waals surface area contributed by atoms with E-state index in [1.54, 1.807) is 12.3 Å². The van der Waals surface area contributed by atoms with Crippen molar-refractivity contribution in [2.75, 3.05) is 18.0 Å². The zero-order chi connectivity index (χ0) is 14.5. The third-order valence-corrected chi connectivity index (χ3v) is 3.82. The van der Waals surface area contributed by atoms with E-state index in [2.05, 4.69) is 9.88 Å². The molecule has 5 nitrogen and oxygen atoms in total. The van der Waals surface area contributed by atoms with E-state index in [0.717, 1.165) is 31.6 Å². The number of primary amides is 1. The molecule has 1 aromatic rings. The molecule has 108 valence electrons. The van der Waals surface area contributed by atoms with Gasteiger partial charge < -0.3 is 10.6 Å². The predicted octanol–water partition coefficient (Wildman–Crippen LogP) is 1.77. The number of aromatic nitrogens is 1. The number of rotatable bonds is 5. The molecule has 1 aliphatic heterocycles. The second-order valence-corrected chi connectivity index (χ2v) is 5.28. The van der Waals surface area contributed by atoms with Crippen LogP contribution in [0.5, 0.6) is 0 Å². The molecule has 0 radical (unpaired) electrons. The van der Waals surface area contributed by atoms with Crippen molar-refractivity contribution in [3.05, 3.63) is 24.0 Å². The van der Waals surface area contributed by atoms with E-state index in [0.29, 0.717) is 24.5 Å². The largest absolute Gasteiger partial charge is 0.370 e. The highest BCUT2D eigenvalue weighted by molar-refractivity contribution is 5.94. The summed E-state index contributed by atoms with van der Waals surface area (Å²) in [6.45, 7) is 3.64. The first-order valence-electron chi connectivity index (χ1n) is 7.12. The molecule has 1 saturated heterocycles. The van der Waals surface area contributed by atoms with Crippen LogP contribution in [0.3, 0.4) is 0 Å². The zero-order valence-electron chi connectivity index (χ0n) is 11.8. The van der Waals surface area contributed by atoms with Crippen LogP contribution in [0.2, 0.25) is 0 Å². The van der Waals surface area contributed by atoms with E-state index < -0.39 is 0 Å². The predicted molar refractivity (Wildman–Crippen MR) is 77.6 cm³/mol. The standard InChI is InChI=1S/C15H21N3O2/c1-2-14(19)13-4-3-12(10-17-13)18-7-5-11(6-8-18)9-15(16)20/h3-4,10-11H,2,5-9H2,1H3,(H2,16,20). The summed E-state index contributed by atoms with van der Waals surface area (Å²) in [6, 6.07) is 3.74. The Balaban J connectivity index is 1.93. The number of hydrogen-bond donors (Lipinski definition) is 1. The lowest BCUT2D eigenvalue weighted by molar-refractivity contribution is -0.119. The number of carbonyl (C=O) groups excluding carboxylic acids is 2. The maximum absolute atomic E-state index is 11.5. The van der Waals surface area contributed by atoms with Gasteiger partial charge in [0.1, 0.15) is 5.69 Å². The van der Waals surface area contributed by atoms with Crippen molar-refractivity contribution in [1.82, 2.24) is 4.98 Å². The van der Waals surface area contributed by atoms with E-state index >= 15 is 0 Å². The highest BCUT2D eigenvalue weighted by Crippen LogP contribution is 2.24. The van der Waals surface area contributed by atoms with Gasteiger partial charge in [-0.3, -0.25) is 14.6 Å². The zero-order valence-corrected chi connectivity index (χ0v) is 11.8. The highest BCUT2D eigenvalue weighted by atomic mass is 16.1. The number of amides is 1. The summed E-state index contributed by atoms with van der Waals surface area (Å²) < 4.78 is 0. The number of anilines is 1. The molecule has 0 aliphatic carbocycles. The monoisotopic (exact) mass is 275 g/mol. The van der Waals surface area contributed by atoms with Crippen LogP contribution < -0.4 is 10.6 Å². The lowest BCUT2D eigenvalue weighted by Crippen LogP contribution is -2.35. The van der Waals surface area contributed by atoms with Crippen molar-refractivity contribution in [3.63, 3.8) is 0 Å². The molecule has 0 atom stereocenters. The Kier molecular flexibility index (Phi) is 4.71. The van der Waals surface area contributed by atoms with Crippen LogP contribution in [0, 0.1) is 5.92 Å². The van der Waals surface area contributed by atoms with Gasteiger partial charge in [0.15, 0.2) is 5.78 Å². The van der Waals surface area contributed by atoms with E-state index in [1.807, 2.05) is 13.0 Å². The van der Waals surface area contributed by atoms with Crippen LogP contribution in [-0.4, -0.2) is 29.8 Å². The van der Waals surface area contributed by atoms with Crippen molar-refractivity contribution in [3.8, 4) is 0 Å². The average Bonchev–Trinajstić information content (AvgIpc) is 2.47. The SMILES string of the molecule is CCC(=O)c1ccc(N2CCC(CC(N)=O)CC2)cn1. The van der Waals surface area contributed by atoms with Gasteiger partial charge in [-0.25, -0.2) is 0 Å². The smallest absolute Gasteiger partial charge is 0.217 e. The molecule has 5 heteroatoms. The van der Waals surface area contributed by atoms with Crippen molar-refractivity contribution in [2.24, 2.45) is 11.7 Å². The van der Waals surface area contributed by atoms with Gasteiger partial charge in [0, 0.05) is 25.9 Å². The molecule has 1 fully saturated rings. The van der Waals surface area contributed by atoms with Crippen molar-refractivity contribution >= 4 is 17.4 Å². The molecule has 0 spiro atoms. The molecule has 1 aromatic heterocycles. The second kappa shape index (κ2) is 6.50. The Morgan fingerprint density at radius 3 is 2.55 bits per heavy atom. The molecule has 0 aromatic carbocycles. The molecule has 0 unspecified atom stereocenters. The molecule has 0 bridgehead atoms. The lowest BCUT2D eigenvalue weighted by Gasteiger charge is -2.33. The van der Waals surface area contributed by atoms with Crippen molar-refractivity contribution in [2.45, 2.75) is 32.6 Å². The maximum Gasteiger partial charge on any atom is 0.217 e. The minimum absolute atomic E-state index is 0.0664. The van der Waals surface area contributed by atoms with Crippen LogP contribution in [0.25, 0.3) is 0 Å². The number of Topliss-reactive ketones (excluding diaryl/α,β-unsaturated/α-hetero) is 1. The highest BCUT2D eigenvalue weighted by Gasteiger charge is 2.21. The Morgan fingerprint density at radius 1 is 1.35 bits per heavy atom. The first kappa shape index (κ1) is 14.5. The van der Waals surface area contributed by atoms with Gasteiger partial charge in [-0.05, 0) is 30.9 Å². The Morgan fingerprint density at radius 2 is 2.05 bits per heavy atom. The molecule has 1 aliphatic rings. The van der Waals surface area contributed by atoms with Crippen LogP contribution in [0.15, 0.2) is 18.3 Å². The summed E-state index contributed by atoms with van der Waals surface area (Å²) in [7, 11) is 0. The van der Waals surface area contributed by atoms with Crippen molar-refractivity contribution in [1.29, 1.82) is 0 Å².